The number of phenols is 1. The molecule has 17 heavy (non-hydrogen) atoms. The molecule has 0 amide bonds. The molecule has 2 N–H and O–H groups in total. The van der Waals surface area contributed by atoms with Gasteiger partial charge in [0, 0.05) is 13.0 Å². The van der Waals surface area contributed by atoms with E-state index < -0.39 is 0 Å². The van der Waals surface area contributed by atoms with Crippen LogP contribution in [0.5, 0.6) is 5.75 Å². The van der Waals surface area contributed by atoms with Crippen molar-refractivity contribution in [1.29, 1.82) is 0 Å². The lowest BCUT2D eigenvalue weighted by Gasteiger charge is -2.30. The van der Waals surface area contributed by atoms with Crippen LogP contribution in [-0.2, 0) is 16.2 Å². The van der Waals surface area contributed by atoms with Crippen molar-refractivity contribution in [3.8, 4) is 5.75 Å². The Morgan fingerprint density at radius 1 is 1.65 bits per heavy atom. The van der Waals surface area contributed by atoms with Gasteiger partial charge in [0.1, 0.15) is 18.1 Å². The Labute approximate surface area is 101 Å². The van der Waals surface area contributed by atoms with Gasteiger partial charge in [-0.05, 0) is 35.6 Å². The van der Waals surface area contributed by atoms with Crippen molar-refractivity contribution in [2.75, 3.05) is 0 Å². The van der Waals surface area contributed by atoms with Crippen LogP contribution in [0.1, 0.15) is 37.0 Å². The van der Waals surface area contributed by atoms with E-state index in [4.69, 9.17) is 4.84 Å². The SMILES string of the molecule is CC(CCC=O)C1ONCc2cc(O)ccc21. The van der Waals surface area contributed by atoms with Crippen molar-refractivity contribution in [1.82, 2.24) is 5.48 Å². The van der Waals surface area contributed by atoms with E-state index in [1.807, 2.05) is 6.07 Å². The van der Waals surface area contributed by atoms with Crippen LogP contribution >= 0.6 is 0 Å². The average Bonchev–Trinajstić information content (AvgIpc) is 2.34. The van der Waals surface area contributed by atoms with Gasteiger partial charge in [0.2, 0.25) is 0 Å². The van der Waals surface area contributed by atoms with E-state index in [0.717, 1.165) is 23.8 Å². The van der Waals surface area contributed by atoms with E-state index in [2.05, 4.69) is 12.4 Å². The second-order valence-corrected chi connectivity index (χ2v) is 4.46. The summed E-state index contributed by atoms with van der Waals surface area (Å²) >= 11 is 0. The molecule has 0 radical (unpaired) electrons. The molecule has 4 nitrogen and oxygen atoms in total. The molecule has 0 aliphatic carbocycles. The second-order valence-electron chi connectivity index (χ2n) is 4.46. The van der Waals surface area contributed by atoms with E-state index in [0.29, 0.717) is 13.0 Å². The molecule has 1 heterocycles. The molecule has 2 unspecified atom stereocenters. The Kier molecular flexibility index (Phi) is 3.76. The zero-order valence-electron chi connectivity index (χ0n) is 9.85. The molecule has 1 aliphatic heterocycles. The van der Waals surface area contributed by atoms with Gasteiger partial charge in [-0.1, -0.05) is 13.0 Å². The van der Waals surface area contributed by atoms with Gasteiger partial charge < -0.3 is 9.90 Å². The molecule has 4 heteroatoms. The molecular formula is C13H17NO3. The average molecular weight is 235 g/mol. The Balaban J connectivity index is 2.19. The standard InChI is InChI=1S/C13H17NO3/c1-9(3-2-6-15)13-12-5-4-11(16)7-10(12)8-14-17-13/h4-7,9,13-14,16H,2-3,8H2,1H3. The number of fused-ring (bicyclic) bond motifs is 1. The Bertz CT molecular complexity index is 406. The first kappa shape index (κ1) is 12.1. The Morgan fingerprint density at radius 3 is 3.24 bits per heavy atom. The number of benzene rings is 1. The summed E-state index contributed by atoms with van der Waals surface area (Å²) in [6.07, 6.45) is 2.23. The summed E-state index contributed by atoms with van der Waals surface area (Å²) < 4.78 is 0. The van der Waals surface area contributed by atoms with Crippen molar-refractivity contribution in [3.63, 3.8) is 0 Å². The van der Waals surface area contributed by atoms with Crippen LogP contribution < -0.4 is 5.48 Å². The summed E-state index contributed by atoms with van der Waals surface area (Å²) in [7, 11) is 0. The maximum atomic E-state index is 10.4. The van der Waals surface area contributed by atoms with Gasteiger partial charge in [-0.15, -0.1) is 0 Å². The largest absolute Gasteiger partial charge is 0.508 e. The van der Waals surface area contributed by atoms with Crippen LogP contribution in [0.3, 0.4) is 0 Å². The molecule has 0 saturated heterocycles. The minimum atomic E-state index is -0.0562. The first-order valence-electron chi connectivity index (χ1n) is 5.86. The van der Waals surface area contributed by atoms with E-state index in [-0.39, 0.29) is 17.8 Å². The predicted octanol–water partition coefficient (Wildman–Crippen LogP) is 2.08. The van der Waals surface area contributed by atoms with Crippen LogP contribution in [0, 0.1) is 5.92 Å². The number of phenolic OH excluding ortho intramolecular Hbond substituents is 1. The molecule has 0 bridgehead atoms. The van der Waals surface area contributed by atoms with Crippen LogP contribution in [0.2, 0.25) is 0 Å². The maximum absolute atomic E-state index is 10.4. The molecule has 92 valence electrons. The van der Waals surface area contributed by atoms with Gasteiger partial charge in [0.05, 0.1) is 0 Å². The molecule has 0 fully saturated rings. The van der Waals surface area contributed by atoms with Gasteiger partial charge in [-0.25, -0.2) is 0 Å². The zero-order valence-corrected chi connectivity index (χ0v) is 9.85. The highest BCUT2D eigenvalue weighted by Crippen LogP contribution is 2.34. The summed E-state index contributed by atoms with van der Waals surface area (Å²) in [5.41, 5.74) is 5.03. The minimum absolute atomic E-state index is 0.0562. The number of rotatable bonds is 4. The third kappa shape index (κ3) is 2.65. The summed E-state index contributed by atoms with van der Waals surface area (Å²) in [5.74, 6) is 0.531. The van der Waals surface area contributed by atoms with E-state index in [1.165, 1.54) is 0 Å². The highest BCUT2D eigenvalue weighted by atomic mass is 16.7. The predicted molar refractivity (Wildman–Crippen MR) is 63.2 cm³/mol. The molecule has 2 atom stereocenters. The monoisotopic (exact) mass is 235 g/mol. The van der Waals surface area contributed by atoms with Crippen molar-refractivity contribution in [2.24, 2.45) is 5.92 Å². The lowest BCUT2D eigenvalue weighted by atomic mass is 9.90. The summed E-state index contributed by atoms with van der Waals surface area (Å²) in [5, 5.41) is 9.44. The maximum Gasteiger partial charge on any atom is 0.120 e. The van der Waals surface area contributed by atoms with E-state index in [1.54, 1.807) is 12.1 Å². The smallest absolute Gasteiger partial charge is 0.120 e. The molecule has 1 aromatic rings. The van der Waals surface area contributed by atoms with Gasteiger partial charge in [-0.2, -0.15) is 5.48 Å². The first-order chi connectivity index (χ1) is 8.22. The molecule has 0 aromatic heterocycles. The van der Waals surface area contributed by atoms with Crippen molar-refractivity contribution >= 4 is 6.29 Å². The second kappa shape index (κ2) is 5.29. The highest BCUT2D eigenvalue weighted by molar-refractivity contribution is 5.49. The molecule has 0 saturated carbocycles. The fraction of sp³-hybridized carbons (Fsp3) is 0.462. The number of carbonyl (C=O) groups excluding carboxylic acids is 1. The highest BCUT2D eigenvalue weighted by Gasteiger charge is 2.26. The van der Waals surface area contributed by atoms with Gasteiger partial charge >= 0.3 is 0 Å². The summed E-state index contributed by atoms with van der Waals surface area (Å²) in [6.45, 7) is 2.67. The van der Waals surface area contributed by atoms with Crippen LogP contribution in [0.4, 0.5) is 0 Å². The Hall–Kier alpha value is -1.39. The van der Waals surface area contributed by atoms with Crippen LogP contribution in [0.15, 0.2) is 18.2 Å². The van der Waals surface area contributed by atoms with E-state index in [9.17, 15) is 9.90 Å². The number of hydroxylamine groups is 1. The number of carbonyl (C=O) groups is 1. The summed E-state index contributed by atoms with van der Waals surface area (Å²) in [6, 6.07) is 5.32. The van der Waals surface area contributed by atoms with Crippen LogP contribution in [-0.4, -0.2) is 11.4 Å². The number of aldehydes is 1. The van der Waals surface area contributed by atoms with Gasteiger partial charge in [0.25, 0.3) is 0 Å². The van der Waals surface area contributed by atoms with Crippen LogP contribution in [0.25, 0.3) is 0 Å². The van der Waals surface area contributed by atoms with Crippen molar-refractivity contribution < 1.29 is 14.7 Å². The number of aromatic hydroxyl groups is 1. The minimum Gasteiger partial charge on any atom is -0.508 e. The molecule has 1 aromatic carbocycles. The molecule has 1 aliphatic rings. The van der Waals surface area contributed by atoms with Crippen molar-refractivity contribution in [2.45, 2.75) is 32.4 Å². The van der Waals surface area contributed by atoms with Gasteiger partial charge in [0.15, 0.2) is 0 Å². The fourth-order valence-electron chi connectivity index (χ4n) is 2.20. The third-order valence-electron chi connectivity index (χ3n) is 3.16. The van der Waals surface area contributed by atoms with Crippen molar-refractivity contribution in [3.05, 3.63) is 29.3 Å². The molecule has 0 spiro atoms. The molecule has 2 rings (SSSR count). The van der Waals surface area contributed by atoms with E-state index >= 15 is 0 Å². The summed E-state index contributed by atoms with van der Waals surface area (Å²) in [4.78, 5) is 15.9. The number of hydrogen-bond donors (Lipinski definition) is 2. The Morgan fingerprint density at radius 2 is 2.47 bits per heavy atom. The number of hydrogen-bond acceptors (Lipinski definition) is 4. The lowest BCUT2D eigenvalue weighted by Crippen LogP contribution is -2.29. The zero-order chi connectivity index (χ0) is 12.3. The quantitative estimate of drug-likeness (QED) is 0.784. The normalized spacial score (nSPS) is 20.6. The van der Waals surface area contributed by atoms with Gasteiger partial charge in [-0.3, -0.25) is 4.84 Å². The third-order valence-corrected chi connectivity index (χ3v) is 3.16. The lowest BCUT2D eigenvalue weighted by molar-refractivity contribution is -0.109. The first-order valence-corrected chi connectivity index (χ1v) is 5.86. The number of nitrogens with one attached hydrogen (secondary N) is 1. The fourth-order valence-corrected chi connectivity index (χ4v) is 2.20. The molecular weight excluding hydrogens is 218 g/mol. The topological polar surface area (TPSA) is 58.6 Å².